The third kappa shape index (κ3) is 3.39. The number of methoxy groups -OCH3 is 2. The van der Waals surface area contributed by atoms with Crippen LogP contribution in [0.25, 0.3) is 0 Å². The van der Waals surface area contributed by atoms with Gasteiger partial charge in [-0.15, -0.1) is 0 Å². The van der Waals surface area contributed by atoms with Gasteiger partial charge in [0.25, 0.3) is 0 Å². The van der Waals surface area contributed by atoms with Crippen LogP contribution in [0, 0.1) is 17.8 Å². The molecule has 4 bridgehead atoms. The van der Waals surface area contributed by atoms with Crippen LogP contribution in [0.3, 0.4) is 0 Å². The Morgan fingerprint density at radius 1 is 0.967 bits per heavy atom. The van der Waals surface area contributed by atoms with Gasteiger partial charge in [0.1, 0.15) is 23.5 Å². The zero-order valence-corrected chi connectivity index (χ0v) is 18.1. The van der Waals surface area contributed by atoms with Crippen molar-refractivity contribution in [1.29, 1.82) is 0 Å². The summed E-state index contributed by atoms with van der Waals surface area (Å²) in [6, 6.07) is 3.48. The molecular weight excluding hydrogens is 402 g/mol. The van der Waals surface area contributed by atoms with Gasteiger partial charge in [0.05, 0.1) is 24.9 Å². The lowest BCUT2D eigenvalue weighted by atomic mass is 9.53. The van der Waals surface area contributed by atoms with Crippen LogP contribution in [0.1, 0.15) is 38.5 Å². The van der Waals surface area contributed by atoms with Gasteiger partial charge in [0.15, 0.2) is 11.6 Å². The average Bonchev–Trinajstić information content (AvgIpc) is 2.70. The summed E-state index contributed by atoms with van der Waals surface area (Å²) in [5.74, 6) is 4.88. The van der Waals surface area contributed by atoms with Crippen molar-refractivity contribution in [2.45, 2.75) is 44.1 Å². The number of hydrogen-bond acceptors (Lipinski definition) is 7. The molecule has 0 amide bonds. The van der Waals surface area contributed by atoms with Gasteiger partial charge < -0.3 is 25.8 Å². The van der Waals surface area contributed by atoms with Crippen LogP contribution in [0.15, 0.2) is 18.5 Å². The zero-order valence-electron chi connectivity index (χ0n) is 17.4. The van der Waals surface area contributed by atoms with Gasteiger partial charge in [-0.25, -0.2) is 9.97 Å². The molecule has 0 aliphatic heterocycles. The minimum atomic E-state index is 0.121. The summed E-state index contributed by atoms with van der Waals surface area (Å²) in [5.41, 5.74) is 7.78. The summed E-state index contributed by atoms with van der Waals surface area (Å²) in [5, 5.41) is 7.47. The lowest BCUT2D eigenvalue weighted by molar-refractivity contribution is 0.0106. The lowest BCUT2D eigenvalue weighted by Crippen LogP contribution is -2.55. The maximum absolute atomic E-state index is 6.50. The molecule has 1 aromatic carbocycles. The minimum absolute atomic E-state index is 0.121. The van der Waals surface area contributed by atoms with E-state index in [1.54, 1.807) is 32.7 Å². The van der Waals surface area contributed by atoms with Crippen molar-refractivity contribution in [1.82, 2.24) is 9.97 Å². The molecule has 30 heavy (non-hydrogen) atoms. The average molecular weight is 430 g/mol. The molecule has 1 heterocycles. The summed E-state index contributed by atoms with van der Waals surface area (Å²) in [6.07, 6.45) is 9.37. The van der Waals surface area contributed by atoms with Crippen LogP contribution in [0.5, 0.6) is 11.5 Å². The Morgan fingerprint density at radius 3 is 2.17 bits per heavy atom. The first-order valence-electron chi connectivity index (χ1n) is 10.6. The zero-order chi connectivity index (χ0) is 20.9. The summed E-state index contributed by atoms with van der Waals surface area (Å²) >= 11 is 6.30. The van der Waals surface area contributed by atoms with Gasteiger partial charge in [0.2, 0.25) is 0 Å². The van der Waals surface area contributed by atoms with Crippen LogP contribution in [-0.2, 0) is 0 Å². The highest BCUT2D eigenvalue weighted by atomic mass is 35.5. The van der Waals surface area contributed by atoms with E-state index in [0.717, 1.165) is 17.8 Å². The third-order valence-electron chi connectivity index (χ3n) is 7.03. The molecule has 0 unspecified atom stereocenters. The highest BCUT2D eigenvalue weighted by Gasteiger charge is 2.51. The molecule has 0 atom stereocenters. The van der Waals surface area contributed by atoms with Crippen molar-refractivity contribution < 1.29 is 9.47 Å². The molecule has 4 saturated carbocycles. The minimum Gasteiger partial charge on any atom is -0.495 e. The molecule has 4 aliphatic rings. The van der Waals surface area contributed by atoms with Gasteiger partial charge in [-0.3, -0.25) is 0 Å². The van der Waals surface area contributed by atoms with Gasteiger partial charge in [0, 0.05) is 11.6 Å². The maximum Gasteiger partial charge on any atom is 0.159 e. The first kappa shape index (κ1) is 19.5. The fourth-order valence-corrected chi connectivity index (χ4v) is 6.44. The maximum atomic E-state index is 6.50. The van der Waals surface area contributed by atoms with Crippen LogP contribution >= 0.6 is 11.6 Å². The predicted octanol–water partition coefficient (Wildman–Crippen LogP) is 4.85. The lowest BCUT2D eigenvalue weighted by Gasteiger charge is -2.57. The monoisotopic (exact) mass is 429 g/mol. The molecular formula is C22H28ClN5O2. The van der Waals surface area contributed by atoms with E-state index in [1.807, 2.05) is 0 Å². The standard InChI is InChI=1S/C22H28ClN5O2/c1-29-17-7-18(30-2)16(6-15(17)23)27-20-19(24)21(26-11-25-20)28-22-8-12-3-13(9-22)5-14(4-12)10-22/h6-7,11-14H,3-5,8-10,24H2,1-2H3,(H2,25,26,27,28). The Bertz CT molecular complexity index is 932. The number of benzene rings is 1. The second-order valence-corrected chi connectivity index (χ2v) is 9.53. The summed E-state index contributed by atoms with van der Waals surface area (Å²) in [6.45, 7) is 0. The molecule has 1 aromatic heterocycles. The van der Waals surface area contributed by atoms with Crippen LogP contribution in [0.2, 0.25) is 5.02 Å². The summed E-state index contributed by atoms with van der Waals surface area (Å²) < 4.78 is 10.7. The number of nitrogens with zero attached hydrogens (tertiary/aromatic N) is 2. The number of rotatable bonds is 6. The Labute approximate surface area is 181 Å². The largest absolute Gasteiger partial charge is 0.495 e. The van der Waals surface area contributed by atoms with E-state index < -0.39 is 0 Å². The van der Waals surface area contributed by atoms with Crippen molar-refractivity contribution in [3.05, 3.63) is 23.5 Å². The van der Waals surface area contributed by atoms with E-state index in [9.17, 15) is 0 Å². The highest BCUT2D eigenvalue weighted by molar-refractivity contribution is 6.32. The van der Waals surface area contributed by atoms with Crippen molar-refractivity contribution in [2.24, 2.45) is 17.8 Å². The fraction of sp³-hybridized carbons (Fsp3) is 0.545. The van der Waals surface area contributed by atoms with Crippen LogP contribution < -0.4 is 25.8 Å². The third-order valence-corrected chi connectivity index (χ3v) is 7.33. The van der Waals surface area contributed by atoms with Gasteiger partial charge in [-0.2, -0.15) is 0 Å². The van der Waals surface area contributed by atoms with Crippen molar-refractivity contribution >= 4 is 34.6 Å². The predicted molar refractivity (Wildman–Crippen MR) is 119 cm³/mol. The van der Waals surface area contributed by atoms with Crippen molar-refractivity contribution in [3.8, 4) is 11.5 Å². The van der Waals surface area contributed by atoms with E-state index in [4.69, 9.17) is 26.8 Å². The molecule has 8 heteroatoms. The Balaban J connectivity index is 1.41. The number of aromatic nitrogens is 2. The molecule has 4 fully saturated rings. The molecule has 7 nitrogen and oxygen atoms in total. The number of nitrogen functional groups attached to an aromatic ring is 1. The van der Waals surface area contributed by atoms with E-state index in [1.165, 1.54) is 38.5 Å². The normalized spacial score (nSPS) is 29.0. The number of anilines is 4. The van der Waals surface area contributed by atoms with Gasteiger partial charge in [-0.1, -0.05) is 11.6 Å². The first-order chi connectivity index (χ1) is 14.5. The Morgan fingerprint density at radius 2 is 1.57 bits per heavy atom. The molecule has 160 valence electrons. The summed E-state index contributed by atoms with van der Waals surface area (Å²) in [4.78, 5) is 8.84. The van der Waals surface area contributed by atoms with Gasteiger partial charge >= 0.3 is 0 Å². The Kier molecular flexibility index (Phi) is 4.81. The summed E-state index contributed by atoms with van der Waals surface area (Å²) in [7, 11) is 3.16. The van der Waals surface area contributed by atoms with Crippen molar-refractivity contribution in [2.75, 3.05) is 30.6 Å². The second kappa shape index (κ2) is 7.38. The number of nitrogens with one attached hydrogen (secondary N) is 2. The van der Waals surface area contributed by atoms with Crippen molar-refractivity contribution in [3.63, 3.8) is 0 Å². The van der Waals surface area contributed by atoms with E-state index in [0.29, 0.717) is 39.5 Å². The number of halogens is 1. The van der Waals surface area contributed by atoms with E-state index >= 15 is 0 Å². The van der Waals surface area contributed by atoms with Crippen LogP contribution in [0.4, 0.5) is 23.0 Å². The molecule has 0 saturated heterocycles. The molecule has 0 spiro atoms. The quantitative estimate of drug-likeness (QED) is 0.603. The number of hydrogen-bond donors (Lipinski definition) is 3. The molecule has 4 N–H and O–H groups in total. The van der Waals surface area contributed by atoms with Gasteiger partial charge in [-0.05, 0) is 62.3 Å². The number of nitrogens with two attached hydrogens (primary N) is 1. The van der Waals surface area contributed by atoms with E-state index in [2.05, 4.69) is 20.6 Å². The molecule has 0 radical (unpaired) electrons. The first-order valence-corrected chi connectivity index (χ1v) is 10.9. The second-order valence-electron chi connectivity index (χ2n) is 9.12. The molecule has 6 rings (SSSR count). The highest BCUT2D eigenvalue weighted by Crippen LogP contribution is 2.56. The Hall–Kier alpha value is -2.41. The SMILES string of the molecule is COc1cc(OC)c(Nc2ncnc(NC34CC5CC(CC(C5)C3)C4)c2N)cc1Cl. The topological polar surface area (TPSA) is 94.3 Å². The smallest absolute Gasteiger partial charge is 0.159 e. The number of ether oxygens (including phenoxy) is 2. The fourth-order valence-electron chi connectivity index (χ4n) is 6.19. The van der Waals surface area contributed by atoms with E-state index in [-0.39, 0.29) is 5.54 Å². The molecule has 4 aliphatic carbocycles. The van der Waals surface area contributed by atoms with Crippen LogP contribution in [-0.4, -0.2) is 29.7 Å². The molecule has 2 aromatic rings.